The molecule has 5 heterocycles. The summed E-state index contributed by atoms with van der Waals surface area (Å²) >= 11 is 0. The van der Waals surface area contributed by atoms with Gasteiger partial charge in [-0.1, -0.05) is 0 Å². The fraction of sp³-hybridized carbons (Fsp3) is 0.500. The Morgan fingerprint density at radius 3 is 2.95 bits per heavy atom. The van der Waals surface area contributed by atoms with Gasteiger partial charge in [0, 0.05) is 60.8 Å². The van der Waals surface area contributed by atoms with Gasteiger partial charge >= 0.3 is 6.01 Å². The van der Waals surface area contributed by atoms with E-state index >= 15 is 0 Å². The molecule has 1 N–H and O–H groups in total. The molecule has 0 bridgehead atoms. The molecule has 2 aromatic heterocycles. The first-order valence-electron chi connectivity index (χ1n) is 13.5. The van der Waals surface area contributed by atoms with Crippen LogP contribution in [-0.2, 0) is 13.0 Å². The molecule has 0 unspecified atom stereocenters. The molecule has 0 amide bonds. The van der Waals surface area contributed by atoms with Crippen LogP contribution in [0.2, 0.25) is 0 Å². The van der Waals surface area contributed by atoms with E-state index in [1.165, 1.54) is 12.5 Å². The van der Waals surface area contributed by atoms with Crippen LogP contribution in [0.5, 0.6) is 6.01 Å². The van der Waals surface area contributed by atoms with Gasteiger partial charge in [0.1, 0.15) is 18.2 Å². The Hall–Kier alpha value is -3.55. The van der Waals surface area contributed by atoms with Crippen molar-refractivity contribution in [3.8, 4) is 12.1 Å². The lowest BCUT2D eigenvalue weighted by atomic mass is 10.0. The van der Waals surface area contributed by atoms with Crippen LogP contribution >= 0.6 is 0 Å². The standard InChI is InChI=1S/C28H33FN8O/c1-35-10-2-3-22(35)18-38-28-33-25-17-36(26-15-31-14-19-4-5-20(29)13-24(19)26)11-7-23(25)27(34-28)37-12-9-32-21(16-37)6-8-30/h4-5,13-15,21-22,32H,2-3,6-7,9-12,16-18H2,1H3/t21-,22-/m0/s1. The summed E-state index contributed by atoms with van der Waals surface area (Å²) in [5.41, 5.74) is 2.96. The second-order valence-corrected chi connectivity index (χ2v) is 10.5. The van der Waals surface area contributed by atoms with Crippen molar-refractivity contribution in [2.24, 2.45) is 0 Å². The Bertz CT molecular complexity index is 1360. The number of anilines is 2. The van der Waals surface area contributed by atoms with E-state index in [2.05, 4.69) is 38.1 Å². The topological polar surface area (TPSA) is 93.4 Å². The molecule has 2 fully saturated rings. The van der Waals surface area contributed by atoms with Crippen molar-refractivity contribution in [1.82, 2.24) is 25.2 Å². The molecular formula is C28H33FN8O. The molecule has 10 heteroatoms. The normalized spacial score (nSPS) is 21.9. The monoisotopic (exact) mass is 516 g/mol. The van der Waals surface area contributed by atoms with Gasteiger partial charge in [-0.05, 0) is 51.1 Å². The van der Waals surface area contributed by atoms with Crippen molar-refractivity contribution >= 4 is 22.3 Å². The molecule has 9 nitrogen and oxygen atoms in total. The van der Waals surface area contributed by atoms with E-state index in [9.17, 15) is 9.65 Å². The summed E-state index contributed by atoms with van der Waals surface area (Å²) in [6.07, 6.45) is 7.08. The average molecular weight is 517 g/mol. The summed E-state index contributed by atoms with van der Waals surface area (Å²) in [4.78, 5) is 21.1. The Morgan fingerprint density at radius 2 is 2.11 bits per heavy atom. The van der Waals surface area contributed by atoms with Gasteiger partial charge in [-0.25, -0.2) is 4.39 Å². The number of aromatic nitrogens is 3. The number of ether oxygens (including phenoxy) is 1. The fourth-order valence-electron chi connectivity index (χ4n) is 5.92. The molecule has 0 aliphatic carbocycles. The second-order valence-electron chi connectivity index (χ2n) is 10.5. The lowest BCUT2D eigenvalue weighted by Gasteiger charge is -2.37. The van der Waals surface area contributed by atoms with Gasteiger partial charge in [0.05, 0.1) is 36.6 Å². The molecule has 0 spiro atoms. The SMILES string of the molecule is CN1CCC[C@H]1COc1nc2c(c(N3CCN[C@@H](CC#N)C3)n1)CCN(c1cncc3ccc(F)cc13)C2. The van der Waals surface area contributed by atoms with Crippen LogP contribution in [0, 0.1) is 17.1 Å². The Balaban J connectivity index is 1.33. The van der Waals surface area contributed by atoms with Gasteiger partial charge in [0.2, 0.25) is 0 Å². The summed E-state index contributed by atoms with van der Waals surface area (Å²) in [5, 5.41) is 14.4. The van der Waals surface area contributed by atoms with Crippen LogP contribution in [-0.4, -0.2) is 78.3 Å². The Kier molecular flexibility index (Phi) is 6.96. The van der Waals surface area contributed by atoms with E-state index < -0.39 is 0 Å². The van der Waals surface area contributed by atoms with Crippen LogP contribution < -0.4 is 19.9 Å². The minimum atomic E-state index is -0.259. The van der Waals surface area contributed by atoms with Gasteiger partial charge in [0.25, 0.3) is 0 Å². The molecule has 38 heavy (non-hydrogen) atoms. The van der Waals surface area contributed by atoms with Crippen molar-refractivity contribution in [2.75, 3.05) is 56.2 Å². The molecule has 3 aliphatic rings. The predicted octanol–water partition coefficient (Wildman–Crippen LogP) is 2.89. The van der Waals surface area contributed by atoms with Crippen LogP contribution in [0.15, 0.2) is 30.6 Å². The zero-order valence-electron chi connectivity index (χ0n) is 21.7. The Morgan fingerprint density at radius 1 is 1.18 bits per heavy atom. The summed E-state index contributed by atoms with van der Waals surface area (Å²) in [7, 11) is 2.13. The van der Waals surface area contributed by atoms with Crippen LogP contribution in [0.4, 0.5) is 15.9 Å². The first-order valence-corrected chi connectivity index (χ1v) is 13.5. The van der Waals surface area contributed by atoms with E-state index in [1.807, 2.05) is 6.20 Å². The van der Waals surface area contributed by atoms with Crippen molar-refractivity contribution in [3.05, 3.63) is 47.7 Å². The third-order valence-electron chi connectivity index (χ3n) is 8.03. The molecule has 3 aromatic rings. The quantitative estimate of drug-likeness (QED) is 0.531. The number of rotatable bonds is 6. The van der Waals surface area contributed by atoms with E-state index in [-0.39, 0.29) is 11.9 Å². The highest BCUT2D eigenvalue weighted by atomic mass is 19.1. The van der Waals surface area contributed by atoms with E-state index in [1.54, 1.807) is 18.3 Å². The van der Waals surface area contributed by atoms with E-state index in [0.717, 1.165) is 79.1 Å². The third kappa shape index (κ3) is 4.96. The minimum Gasteiger partial charge on any atom is -0.462 e. The number of benzene rings is 1. The van der Waals surface area contributed by atoms with E-state index in [4.69, 9.17) is 14.7 Å². The largest absolute Gasteiger partial charge is 0.462 e. The van der Waals surface area contributed by atoms with E-state index in [0.29, 0.717) is 31.6 Å². The number of pyridine rings is 1. The summed E-state index contributed by atoms with van der Waals surface area (Å²) in [6.45, 7) is 5.29. The molecule has 3 aliphatic heterocycles. The third-order valence-corrected chi connectivity index (χ3v) is 8.03. The first kappa shape index (κ1) is 24.8. The number of halogens is 1. The van der Waals surface area contributed by atoms with Gasteiger partial charge in [-0.2, -0.15) is 15.2 Å². The number of nitrogens with zero attached hydrogens (tertiary/aromatic N) is 7. The van der Waals surface area contributed by atoms with Gasteiger partial charge in [-0.15, -0.1) is 0 Å². The number of piperazine rings is 1. The van der Waals surface area contributed by atoms with Crippen molar-refractivity contribution < 1.29 is 9.13 Å². The summed E-state index contributed by atoms with van der Waals surface area (Å²) in [5.74, 6) is 0.654. The van der Waals surface area contributed by atoms with Crippen LogP contribution in [0.1, 0.15) is 30.5 Å². The van der Waals surface area contributed by atoms with Crippen molar-refractivity contribution in [2.45, 2.75) is 44.3 Å². The lowest BCUT2D eigenvalue weighted by Crippen LogP contribution is -2.51. The highest BCUT2D eigenvalue weighted by molar-refractivity contribution is 5.93. The number of likely N-dealkylation sites (tertiary alicyclic amines) is 1. The molecule has 2 saturated heterocycles. The number of fused-ring (bicyclic) bond motifs is 2. The number of nitrogens with one attached hydrogen (secondary N) is 1. The number of hydrogen-bond donors (Lipinski definition) is 1. The van der Waals surface area contributed by atoms with Crippen molar-refractivity contribution in [1.29, 1.82) is 5.26 Å². The predicted molar refractivity (Wildman–Crippen MR) is 144 cm³/mol. The first-order chi connectivity index (χ1) is 18.6. The highest BCUT2D eigenvalue weighted by Gasteiger charge is 2.30. The maximum atomic E-state index is 14.2. The minimum absolute atomic E-state index is 0.104. The maximum absolute atomic E-state index is 14.2. The maximum Gasteiger partial charge on any atom is 0.318 e. The zero-order valence-corrected chi connectivity index (χ0v) is 21.7. The summed E-state index contributed by atoms with van der Waals surface area (Å²) in [6, 6.07) is 7.98. The number of likely N-dealkylation sites (N-methyl/N-ethyl adjacent to an activating group) is 1. The smallest absolute Gasteiger partial charge is 0.318 e. The molecule has 198 valence electrons. The molecule has 1 aromatic carbocycles. The molecule has 6 rings (SSSR count). The average Bonchev–Trinajstić information content (AvgIpc) is 3.35. The molecular weight excluding hydrogens is 483 g/mol. The fourth-order valence-corrected chi connectivity index (χ4v) is 5.92. The molecule has 2 atom stereocenters. The lowest BCUT2D eigenvalue weighted by molar-refractivity contribution is 0.187. The van der Waals surface area contributed by atoms with Gasteiger partial charge in [-0.3, -0.25) is 4.98 Å². The van der Waals surface area contributed by atoms with Gasteiger partial charge in [0.15, 0.2) is 0 Å². The summed E-state index contributed by atoms with van der Waals surface area (Å²) < 4.78 is 20.4. The zero-order chi connectivity index (χ0) is 26.1. The number of nitriles is 1. The molecule has 0 radical (unpaired) electrons. The molecule has 0 saturated carbocycles. The Labute approximate surface area is 222 Å². The number of hydrogen-bond acceptors (Lipinski definition) is 9. The van der Waals surface area contributed by atoms with Crippen molar-refractivity contribution in [3.63, 3.8) is 0 Å². The highest BCUT2D eigenvalue weighted by Crippen LogP contribution is 2.34. The van der Waals surface area contributed by atoms with Crippen LogP contribution in [0.3, 0.4) is 0 Å². The second kappa shape index (κ2) is 10.7. The van der Waals surface area contributed by atoms with Gasteiger partial charge < -0.3 is 24.8 Å². The van der Waals surface area contributed by atoms with Crippen LogP contribution in [0.25, 0.3) is 10.8 Å².